The maximum atomic E-state index is 12.9. The molecule has 2 rings (SSSR count). The number of phenols is 1. The van der Waals surface area contributed by atoms with Crippen LogP contribution in [0.4, 0.5) is 4.39 Å². The van der Waals surface area contributed by atoms with Crippen LogP contribution in [0.3, 0.4) is 0 Å². The summed E-state index contributed by atoms with van der Waals surface area (Å²) >= 11 is 1.90. The molecule has 100 valence electrons. The fourth-order valence-corrected chi connectivity index (χ4v) is 3.64. The van der Waals surface area contributed by atoms with E-state index in [1.54, 1.807) is 6.07 Å². The predicted octanol–water partition coefficient (Wildman–Crippen LogP) is 3.47. The second kappa shape index (κ2) is 5.93. The van der Waals surface area contributed by atoms with Gasteiger partial charge in [0.05, 0.1) is 0 Å². The number of nitrogens with one attached hydrogen (secondary N) is 1. The van der Waals surface area contributed by atoms with Crippen LogP contribution in [0, 0.1) is 5.82 Å². The number of thioether (sulfide) groups is 1. The maximum absolute atomic E-state index is 12.9. The van der Waals surface area contributed by atoms with Gasteiger partial charge in [-0.2, -0.15) is 11.8 Å². The van der Waals surface area contributed by atoms with E-state index in [1.807, 2.05) is 18.7 Å². The van der Waals surface area contributed by atoms with Crippen LogP contribution >= 0.6 is 11.8 Å². The van der Waals surface area contributed by atoms with Crippen LogP contribution in [0.15, 0.2) is 18.2 Å². The Morgan fingerprint density at radius 2 is 2.22 bits per heavy atom. The van der Waals surface area contributed by atoms with Crippen molar-refractivity contribution >= 4 is 11.8 Å². The smallest absolute Gasteiger partial charge is 0.126 e. The van der Waals surface area contributed by atoms with Crippen molar-refractivity contribution in [2.45, 2.75) is 43.5 Å². The lowest BCUT2D eigenvalue weighted by molar-refractivity contribution is 0.426. The zero-order valence-electron chi connectivity index (χ0n) is 10.8. The minimum Gasteiger partial charge on any atom is -0.508 e. The molecule has 1 aliphatic carbocycles. The van der Waals surface area contributed by atoms with Gasteiger partial charge in [0.15, 0.2) is 0 Å². The Balaban J connectivity index is 2.05. The van der Waals surface area contributed by atoms with Gasteiger partial charge in [0, 0.05) is 29.0 Å². The Bertz CT molecular complexity index is 413. The number of benzene rings is 1. The van der Waals surface area contributed by atoms with Crippen molar-refractivity contribution in [2.24, 2.45) is 0 Å². The van der Waals surface area contributed by atoms with Crippen LogP contribution in [0.25, 0.3) is 0 Å². The minimum absolute atomic E-state index is 0.0358. The second-order valence-corrected chi connectivity index (χ2v) is 5.98. The first-order valence-electron chi connectivity index (χ1n) is 6.39. The molecule has 3 unspecified atom stereocenters. The summed E-state index contributed by atoms with van der Waals surface area (Å²) < 4.78 is 12.9. The Morgan fingerprint density at radius 3 is 2.89 bits per heavy atom. The van der Waals surface area contributed by atoms with Gasteiger partial charge < -0.3 is 10.4 Å². The van der Waals surface area contributed by atoms with Crippen molar-refractivity contribution in [2.75, 3.05) is 6.26 Å². The van der Waals surface area contributed by atoms with Crippen molar-refractivity contribution < 1.29 is 9.50 Å². The lowest BCUT2D eigenvalue weighted by Crippen LogP contribution is -2.35. The van der Waals surface area contributed by atoms with E-state index in [1.165, 1.54) is 31.4 Å². The van der Waals surface area contributed by atoms with E-state index in [2.05, 4.69) is 11.6 Å². The topological polar surface area (TPSA) is 32.3 Å². The van der Waals surface area contributed by atoms with Crippen LogP contribution in [-0.4, -0.2) is 22.7 Å². The van der Waals surface area contributed by atoms with Crippen molar-refractivity contribution in [1.82, 2.24) is 5.32 Å². The molecule has 0 amide bonds. The van der Waals surface area contributed by atoms with Gasteiger partial charge in [-0.3, -0.25) is 0 Å². The Kier molecular flexibility index (Phi) is 4.51. The number of rotatable bonds is 4. The lowest BCUT2D eigenvalue weighted by atomic mass is 10.1. The van der Waals surface area contributed by atoms with E-state index < -0.39 is 5.82 Å². The molecule has 0 heterocycles. The van der Waals surface area contributed by atoms with Crippen molar-refractivity contribution in [3.63, 3.8) is 0 Å². The second-order valence-electron chi connectivity index (χ2n) is 4.90. The normalized spacial score (nSPS) is 25.3. The van der Waals surface area contributed by atoms with Crippen LogP contribution < -0.4 is 5.32 Å². The van der Waals surface area contributed by atoms with E-state index in [0.717, 1.165) is 5.56 Å². The molecule has 0 saturated heterocycles. The van der Waals surface area contributed by atoms with Crippen LogP contribution in [-0.2, 0) is 0 Å². The SMILES string of the molecule is CSC1CCCC1NC(C)c1ccc(F)cc1O. The first kappa shape index (κ1) is 13.7. The molecular formula is C14H20FNOS. The third-order valence-corrected chi connectivity index (χ3v) is 4.85. The average molecular weight is 269 g/mol. The highest BCUT2D eigenvalue weighted by Gasteiger charge is 2.28. The zero-order chi connectivity index (χ0) is 13.1. The zero-order valence-corrected chi connectivity index (χ0v) is 11.6. The van der Waals surface area contributed by atoms with Crippen LogP contribution in [0.5, 0.6) is 5.75 Å². The molecule has 3 atom stereocenters. The molecular weight excluding hydrogens is 249 g/mol. The van der Waals surface area contributed by atoms with Crippen LogP contribution in [0.1, 0.15) is 37.8 Å². The lowest BCUT2D eigenvalue weighted by Gasteiger charge is -2.24. The molecule has 0 aromatic heterocycles. The van der Waals surface area contributed by atoms with Gasteiger partial charge in [0.1, 0.15) is 11.6 Å². The highest BCUT2D eigenvalue weighted by molar-refractivity contribution is 7.99. The van der Waals surface area contributed by atoms with E-state index in [-0.39, 0.29) is 11.8 Å². The van der Waals surface area contributed by atoms with Crippen LogP contribution in [0.2, 0.25) is 0 Å². The maximum Gasteiger partial charge on any atom is 0.126 e. The first-order valence-corrected chi connectivity index (χ1v) is 7.68. The number of halogens is 1. The van der Waals surface area contributed by atoms with Crippen molar-refractivity contribution in [1.29, 1.82) is 0 Å². The molecule has 0 bridgehead atoms. The third-order valence-electron chi connectivity index (χ3n) is 3.68. The Hall–Kier alpha value is -0.740. The molecule has 1 fully saturated rings. The highest BCUT2D eigenvalue weighted by Crippen LogP contribution is 2.32. The number of phenolic OH excluding ortho intramolecular Hbond substituents is 1. The third kappa shape index (κ3) is 2.98. The summed E-state index contributed by atoms with van der Waals surface area (Å²) in [5, 5.41) is 14.0. The Morgan fingerprint density at radius 1 is 1.44 bits per heavy atom. The van der Waals surface area contributed by atoms with Gasteiger partial charge in [0.2, 0.25) is 0 Å². The summed E-state index contributed by atoms with van der Waals surface area (Å²) in [5.41, 5.74) is 0.767. The quantitative estimate of drug-likeness (QED) is 0.878. The van der Waals surface area contributed by atoms with Gasteiger partial charge in [-0.25, -0.2) is 4.39 Å². The largest absolute Gasteiger partial charge is 0.508 e. The average Bonchev–Trinajstić information content (AvgIpc) is 2.76. The predicted molar refractivity (Wildman–Crippen MR) is 74.6 cm³/mol. The number of aromatic hydroxyl groups is 1. The van der Waals surface area contributed by atoms with Crippen molar-refractivity contribution in [3.05, 3.63) is 29.6 Å². The van der Waals surface area contributed by atoms with E-state index >= 15 is 0 Å². The fourth-order valence-electron chi connectivity index (χ4n) is 2.69. The van der Waals surface area contributed by atoms with Gasteiger partial charge in [-0.15, -0.1) is 0 Å². The van der Waals surface area contributed by atoms with Gasteiger partial charge >= 0.3 is 0 Å². The van der Waals surface area contributed by atoms with E-state index in [4.69, 9.17) is 0 Å². The molecule has 1 aromatic rings. The summed E-state index contributed by atoms with van der Waals surface area (Å²) in [5.74, 6) is -0.361. The van der Waals surface area contributed by atoms with E-state index in [0.29, 0.717) is 11.3 Å². The molecule has 18 heavy (non-hydrogen) atoms. The highest BCUT2D eigenvalue weighted by atomic mass is 32.2. The number of hydrogen-bond donors (Lipinski definition) is 2. The summed E-state index contributed by atoms with van der Waals surface area (Å²) in [4.78, 5) is 0. The van der Waals surface area contributed by atoms with Gasteiger partial charge in [-0.1, -0.05) is 12.5 Å². The molecule has 0 radical (unpaired) electrons. The summed E-state index contributed by atoms with van der Waals surface area (Å²) in [6, 6.07) is 4.76. The van der Waals surface area contributed by atoms with Gasteiger partial charge in [-0.05, 0) is 32.1 Å². The molecule has 0 spiro atoms. The van der Waals surface area contributed by atoms with Gasteiger partial charge in [0.25, 0.3) is 0 Å². The molecule has 1 aromatic carbocycles. The summed E-state index contributed by atoms with van der Waals surface area (Å²) in [6.45, 7) is 2.02. The molecule has 0 aliphatic heterocycles. The molecule has 1 aliphatic rings. The summed E-state index contributed by atoms with van der Waals surface area (Å²) in [7, 11) is 0. The molecule has 4 heteroatoms. The number of hydrogen-bond acceptors (Lipinski definition) is 3. The van der Waals surface area contributed by atoms with Crippen molar-refractivity contribution in [3.8, 4) is 5.75 Å². The van der Waals surface area contributed by atoms with E-state index in [9.17, 15) is 9.50 Å². The first-order chi connectivity index (χ1) is 8.61. The standard InChI is InChI=1S/C14H20FNOS/c1-9(11-7-6-10(15)8-13(11)17)16-12-4-3-5-14(12)18-2/h6-9,12,14,16-17H,3-5H2,1-2H3. The fraction of sp³-hybridized carbons (Fsp3) is 0.571. The molecule has 1 saturated carbocycles. The minimum atomic E-state index is -0.397. The molecule has 2 N–H and O–H groups in total. The Labute approximate surface area is 112 Å². The molecule has 2 nitrogen and oxygen atoms in total. The monoisotopic (exact) mass is 269 g/mol. The summed E-state index contributed by atoms with van der Waals surface area (Å²) in [6.07, 6.45) is 5.83.